The summed E-state index contributed by atoms with van der Waals surface area (Å²) in [5, 5.41) is 10.8. The molecule has 0 N–H and O–H groups in total. The first-order valence-electron chi connectivity index (χ1n) is 6.30. The molecular weight excluding hydrogens is 343 g/mol. The lowest BCUT2D eigenvalue weighted by molar-refractivity contribution is -0.385. The van der Waals surface area contributed by atoms with Crippen LogP contribution in [0.15, 0.2) is 18.2 Å². The molecule has 0 bridgehead atoms. The van der Waals surface area contributed by atoms with Crippen LogP contribution in [0.3, 0.4) is 0 Å². The van der Waals surface area contributed by atoms with E-state index in [9.17, 15) is 10.1 Å². The number of nitro benzene ring substituents is 1. The van der Waals surface area contributed by atoms with Gasteiger partial charge < -0.3 is 4.90 Å². The molecule has 0 radical (unpaired) electrons. The van der Waals surface area contributed by atoms with Gasteiger partial charge >= 0.3 is 0 Å². The maximum atomic E-state index is 10.8. The lowest BCUT2D eigenvalue weighted by atomic mass is 9.85. The van der Waals surface area contributed by atoms with Gasteiger partial charge in [0.2, 0.25) is 0 Å². The molecule has 0 aromatic heterocycles. The van der Waals surface area contributed by atoms with Crippen LogP contribution >= 0.6 is 22.6 Å². The van der Waals surface area contributed by atoms with Gasteiger partial charge in [0, 0.05) is 24.8 Å². The van der Waals surface area contributed by atoms with Crippen molar-refractivity contribution < 1.29 is 4.92 Å². The highest BCUT2D eigenvalue weighted by Gasteiger charge is 2.21. The quantitative estimate of drug-likeness (QED) is 0.456. The zero-order valence-corrected chi connectivity index (χ0v) is 12.6. The van der Waals surface area contributed by atoms with Crippen LogP contribution in [0.2, 0.25) is 0 Å². The van der Waals surface area contributed by atoms with E-state index in [1.807, 2.05) is 34.7 Å². The van der Waals surface area contributed by atoms with Crippen LogP contribution in [0, 0.1) is 19.6 Å². The molecular formula is C13H17IN2O2. The molecule has 1 aromatic rings. The van der Waals surface area contributed by atoms with Gasteiger partial charge in [0.1, 0.15) is 0 Å². The molecule has 0 amide bonds. The highest BCUT2D eigenvalue weighted by molar-refractivity contribution is 14.1. The average Bonchev–Trinajstić information content (AvgIpc) is 2.27. The third-order valence-corrected chi connectivity index (χ3v) is 4.44. The minimum atomic E-state index is -0.326. The first kappa shape index (κ1) is 13.6. The van der Waals surface area contributed by atoms with E-state index in [-0.39, 0.29) is 10.6 Å². The lowest BCUT2D eigenvalue weighted by Gasteiger charge is -2.33. The van der Waals surface area contributed by atoms with Gasteiger partial charge in [0.05, 0.1) is 8.49 Å². The number of benzene rings is 1. The Morgan fingerprint density at radius 2 is 2.22 bits per heavy atom. The third kappa shape index (κ3) is 2.93. The molecule has 0 atom stereocenters. The molecule has 0 aliphatic heterocycles. The van der Waals surface area contributed by atoms with E-state index >= 15 is 0 Å². The highest BCUT2D eigenvalue weighted by Crippen LogP contribution is 2.31. The largest absolute Gasteiger partial charge is 0.371 e. The molecule has 0 spiro atoms. The van der Waals surface area contributed by atoms with E-state index in [1.54, 1.807) is 6.07 Å². The van der Waals surface area contributed by atoms with Crippen molar-refractivity contribution in [1.82, 2.24) is 0 Å². The molecule has 4 nitrogen and oxygen atoms in total. The van der Waals surface area contributed by atoms with Crippen LogP contribution in [-0.4, -0.2) is 18.0 Å². The van der Waals surface area contributed by atoms with E-state index in [0.717, 1.165) is 24.7 Å². The number of nitrogens with zero attached hydrogens (tertiary/aromatic N) is 2. The maximum absolute atomic E-state index is 10.8. The minimum Gasteiger partial charge on any atom is -0.371 e. The first-order chi connectivity index (χ1) is 8.61. The summed E-state index contributed by atoms with van der Waals surface area (Å²) in [5.41, 5.74) is 1.29. The fourth-order valence-electron chi connectivity index (χ4n) is 2.24. The van der Waals surface area contributed by atoms with Gasteiger partial charge in [-0.2, -0.15) is 0 Å². The van der Waals surface area contributed by atoms with Crippen LogP contribution in [-0.2, 0) is 0 Å². The standard InChI is InChI=1S/C13H17IN2O2/c1-2-15(9-10-4-3-5-10)11-6-7-13(16(17)18)12(14)8-11/h6-8,10H,2-5,9H2,1H3. The monoisotopic (exact) mass is 360 g/mol. The van der Waals surface area contributed by atoms with Crippen molar-refractivity contribution in [3.05, 3.63) is 31.9 Å². The van der Waals surface area contributed by atoms with Gasteiger partial charge in [0.15, 0.2) is 0 Å². The summed E-state index contributed by atoms with van der Waals surface area (Å²) >= 11 is 2.04. The summed E-state index contributed by atoms with van der Waals surface area (Å²) in [6, 6.07) is 5.39. The van der Waals surface area contributed by atoms with Crippen molar-refractivity contribution in [3.8, 4) is 0 Å². The predicted octanol–water partition coefficient (Wildman–Crippen LogP) is 3.83. The summed E-state index contributed by atoms with van der Waals surface area (Å²) in [6.07, 6.45) is 3.99. The van der Waals surface area contributed by atoms with Gasteiger partial charge in [-0.05, 0) is 60.4 Å². The molecule has 2 rings (SSSR count). The van der Waals surface area contributed by atoms with Crippen LogP contribution in [0.5, 0.6) is 0 Å². The van der Waals surface area contributed by atoms with Crippen molar-refractivity contribution in [2.75, 3.05) is 18.0 Å². The van der Waals surface area contributed by atoms with E-state index in [0.29, 0.717) is 3.57 Å². The second-order valence-corrected chi connectivity index (χ2v) is 5.89. The summed E-state index contributed by atoms with van der Waals surface area (Å²) < 4.78 is 0.710. The zero-order valence-electron chi connectivity index (χ0n) is 10.4. The lowest BCUT2D eigenvalue weighted by Crippen LogP contribution is -2.32. The van der Waals surface area contributed by atoms with Crippen molar-refractivity contribution in [2.24, 2.45) is 5.92 Å². The number of halogens is 1. The van der Waals surface area contributed by atoms with E-state index in [2.05, 4.69) is 11.8 Å². The van der Waals surface area contributed by atoms with Gasteiger partial charge in [-0.15, -0.1) is 0 Å². The van der Waals surface area contributed by atoms with E-state index < -0.39 is 0 Å². The smallest absolute Gasteiger partial charge is 0.282 e. The maximum Gasteiger partial charge on any atom is 0.282 e. The van der Waals surface area contributed by atoms with Crippen molar-refractivity contribution in [1.29, 1.82) is 0 Å². The van der Waals surface area contributed by atoms with Crippen LogP contribution in [0.1, 0.15) is 26.2 Å². The second-order valence-electron chi connectivity index (χ2n) is 4.73. The Balaban J connectivity index is 2.14. The van der Waals surface area contributed by atoms with Gasteiger partial charge in [0.25, 0.3) is 5.69 Å². The summed E-state index contributed by atoms with van der Waals surface area (Å²) in [6.45, 7) is 4.15. The van der Waals surface area contributed by atoms with Gasteiger partial charge in [-0.1, -0.05) is 6.42 Å². The first-order valence-corrected chi connectivity index (χ1v) is 7.38. The van der Waals surface area contributed by atoms with Gasteiger partial charge in [-0.25, -0.2) is 0 Å². The SMILES string of the molecule is CCN(CC1CCC1)c1ccc([N+](=O)[O-])c(I)c1. The van der Waals surface area contributed by atoms with E-state index in [1.165, 1.54) is 19.3 Å². The fraction of sp³-hybridized carbons (Fsp3) is 0.538. The molecule has 1 aliphatic rings. The highest BCUT2D eigenvalue weighted by atomic mass is 127. The van der Waals surface area contributed by atoms with Crippen LogP contribution in [0.4, 0.5) is 11.4 Å². The molecule has 18 heavy (non-hydrogen) atoms. The number of anilines is 1. The molecule has 1 aromatic carbocycles. The molecule has 0 unspecified atom stereocenters. The Bertz CT molecular complexity index is 447. The summed E-state index contributed by atoms with van der Waals surface area (Å²) in [5.74, 6) is 0.804. The summed E-state index contributed by atoms with van der Waals surface area (Å²) in [7, 11) is 0. The number of hydrogen-bond acceptors (Lipinski definition) is 3. The molecule has 5 heteroatoms. The fourth-order valence-corrected chi connectivity index (χ4v) is 2.94. The van der Waals surface area contributed by atoms with Crippen molar-refractivity contribution in [3.63, 3.8) is 0 Å². The number of rotatable bonds is 5. The van der Waals surface area contributed by atoms with E-state index in [4.69, 9.17) is 0 Å². The number of nitro groups is 1. The Morgan fingerprint density at radius 1 is 1.50 bits per heavy atom. The molecule has 1 aliphatic carbocycles. The zero-order chi connectivity index (χ0) is 13.1. The van der Waals surface area contributed by atoms with Crippen LogP contribution in [0.25, 0.3) is 0 Å². The average molecular weight is 360 g/mol. The predicted molar refractivity (Wildman–Crippen MR) is 81.0 cm³/mol. The molecule has 1 fully saturated rings. The number of hydrogen-bond donors (Lipinski definition) is 0. The molecule has 0 saturated heterocycles. The topological polar surface area (TPSA) is 46.4 Å². The Hall–Kier alpha value is -0.850. The van der Waals surface area contributed by atoms with Crippen molar-refractivity contribution >= 4 is 34.0 Å². The van der Waals surface area contributed by atoms with Crippen LogP contribution < -0.4 is 4.90 Å². The minimum absolute atomic E-state index is 0.194. The summed E-state index contributed by atoms with van der Waals surface area (Å²) in [4.78, 5) is 12.8. The second kappa shape index (κ2) is 5.86. The Morgan fingerprint density at radius 3 is 2.67 bits per heavy atom. The normalized spacial score (nSPS) is 15.2. The van der Waals surface area contributed by atoms with Crippen molar-refractivity contribution in [2.45, 2.75) is 26.2 Å². The molecule has 98 valence electrons. The van der Waals surface area contributed by atoms with Gasteiger partial charge in [-0.3, -0.25) is 10.1 Å². The Labute approximate surface area is 121 Å². The Kier molecular flexibility index (Phi) is 4.42. The molecule has 0 heterocycles. The third-order valence-electron chi connectivity index (χ3n) is 3.58. The molecule has 1 saturated carbocycles.